The van der Waals surface area contributed by atoms with Gasteiger partial charge in [0.1, 0.15) is 5.82 Å². The van der Waals surface area contributed by atoms with Crippen LogP contribution in [0.25, 0.3) is 11.1 Å². The fourth-order valence-corrected chi connectivity index (χ4v) is 3.29. The maximum atomic E-state index is 14.4. The van der Waals surface area contributed by atoms with Crippen molar-refractivity contribution >= 4 is 0 Å². The Hall–Kier alpha value is -3.19. The van der Waals surface area contributed by atoms with Gasteiger partial charge in [-0.1, -0.05) is 49.8 Å². The van der Waals surface area contributed by atoms with Crippen LogP contribution in [0.4, 0.5) is 13.2 Å². The molecule has 0 radical (unpaired) electrons. The third-order valence-corrected chi connectivity index (χ3v) is 5.00. The molecule has 31 heavy (non-hydrogen) atoms. The lowest BCUT2D eigenvalue weighted by Crippen LogP contribution is -1.98. The standard InChI is InChI=1S/C27H25F3O/c1-3-5-6-7-22-15-12-20(18-24(22)28)9-8-19-10-13-21(14-11-19)23-16-17-25(31-4-2)27(30)26(23)29/h10-18H,3-7H2,1-2H3. The molecule has 3 aromatic carbocycles. The minimum atomic E-state index is -0.997. The van der Waals surface area contributed by atoms with Crippen molar-refractivity contribution in [1.29, 1.82) is 0 Å². The number of hydrogen-bond acceptors (Lipinski definition) is 1. The summed E-state index contributed by atoms with van der Waals surface area (Å²) in [6, 6.07) is 14.8. The highest BCUT2D eigenvalue weighted by Gasteiger charge is 2.15. The molecule has 4 heteroatoms. The molecule has 0 saturated heterocycles. The van der Waals surface area contributed by atoms with Crippen LogP contribution in [0.2, 0.25) is 0 Å². The topological polar surface area (TPSA) is 9.23 Å². The number of aryl methyl sites for hydroxylation is 1. The molecule has 0 amide bonds. The van der Waals surface area contributed by atoms with Crippen molar-refractivity contribution in [3.8, 4) is 28.7 Å². The van der Waals surface area contributed by atoms with E-state index in [9.17, 15) is 13.2 Å². The lowest BCUT2D eigenvalue weighted by atomic mass is 10.0. The molecule has 0 aromatic heterocycles. The van der Waals surface area contributed by atoms with Gasteiger partial charge in [0.05, 0.1) is 6.61 Å². The zero-order valence-electron chi connectivity index (χ0n) is 17.8. The van der Waals surface area contributed by atoms with Crippen molar-refractivity contribution in [2.45, 2.75) is 39.5 Å². The third-order valence-electron chi connectivity index (χ3n) is 5.00. The molecular formula is C27H25F3O. The van der Waals surface area contributed by atoms with E-state index < -0.39 is 11.6 Å². The van der Waals surface area contributed by atoms with Crippen LogP contribution >= 0.6 is 0 Å². The number of halogens is 3. The first-order valence-electron chi connectivity index (χ1n) is 10.5. The fourth-order valence-electron chi connectivity index (χ4n) is 3.29. The Kier molecular flexibility index (Phi) is 7.78. The van der Waals surface area contributed by atoms with Crippen molar-refractivity contribution in [2.24, 2.45) is 0 Å². The van der Waals surface area contributed by atoms with E-state index in [4.69, 9.17) is 4.74 Å². The normalized spacial score (nSPS) is 10.5. The average Bonchev–Trinajstić information content (AvgIpc) is 2.78. The molecule has 3 aromatic rings. The van der Waals surface area contributed by atoms with Gasteiger partial charge in [0, 0.05) is 16.7 Å². The fraction of sp³-hybridized carbons (Fsp3) is 0.259. The molecular weight excluding hydrogens is 397 g/mol. The molecule has 0 bridgehead atoms. The van der Waals surface area contributed by atoms with Crippen molar-refractivity contribution in [1.82, 2.24) is 0 Å². The van der Waals surface area contributed by atoms with Gasteiger partial charge in [-0.25, -0.2) is 8.78 Å². The van der Waals surface area contributed by atoms with Crippen LogP contribution in [-0.2, 0) is 6.42 Å². The molecule has 1 nitrogen and oxygen atoms in total. The van der Waals surface area contributed by atoms with Crippen LogP contribution < -0.4 is 4.74 Å². The van der Waals surface area contributed by atoms with Crippen molar-refractivity contribution in [3.05, 3.63) is 88.7 Å². The molecule has 0 atom stereocenters. The summed E-state index contributed by atoms with van der Waals surface area (Å²) in [6.07, 6.45) is 3.90. The summed E-state index contributed by atoms with van der Waals surface area (Å²) in [5, 5.41) is 0. The highest BCUT2D eigenvalue weighted by atomic mass is 19.2. The predicted molar refractivity (Wildman–Crippen MR) is 119 cm³/mol. The van der Waals surface area contributed by atoms with E-state index in [0.717, 1.165) is 25.7 Å². The van der Waals surface area contributed by atoms with E-state index in [-0.39, 0.29) is 23.7 Å². The lowest BCUT2D eigenvalue weighted by Gasteiger charge is -2.09. The predicted octanol–water partition coefficient (Wildman–Crippen LogP) is 7.30. The molecule has 0 spiro atoms. The molecule has 0 heterocycles. The van der Waals surface area contributed by atoms with Crippen LogP contribution in [0, 0.1) is 29.3 Å². The molecule has 0 saturated carbocycles. The van der Waals surface area contributed by atoms with E-state index in [0.29, 0.717) is 22.3 Å². The number of hydrogen-bond donors (Lipinski definition) is 0. The van der Waals surface area contributed by atoms with E-state index in [1.165, 1.54) is 18.2 Å². The first kappa shape index (κ1) is 22.5. The van der Waals surface area contributed by atoms with Crippen LogP contribution in [0.1, 0.15) is 49.8 Å². The van der Waals surface area contributed by atoms with E-state index in [1.54, 1.807) is 37.3 Å². The van der Waals surface area contributed by atoms with E-state index in [1.807, 2.05) is 6.07 Å². The molecule has 0 aliphatic rings. The largest absolute Gasteiger partial charge is 0.491 e. The van der Waals surface area contributed by atoms with Crippen molar-refractivity contribution < 1.29 is 17.9 Å². The van der Waals surface area contributed by atoms with Gasteiger partial charge in [-0.2, -0.15) is 4.39 Å². The van der Waals surface area contributed by atoms with Gasteiger partial charge in [-0.05, 0) is 67.3 Å². The second-order valence-electron chi connectivity index (χ2n) is 7.26. The van der Waals surface area contributed by atoms with Gasteiger partial charge in [0.2, 0.25) is 5.82 Å². The Morgan fingerprint density at radius 3 is 2.16 bits per heavy atom. The highest BCUT2D eigenvalue weighted by Crippen LogP contribution is 2.30. The Morgan fingerprint density at radius 2 is 1.48 bits per heavy atom. The average molecular weight is 422 g/mol. The van der Waals surface area contributed by atoms with Gasteiger partial charge >= 0.3 is 0 Å². The van der Waals surface area contributed by atoms with Gasteiger partial charge in [0.15, 0.2) is 11.6 Å². The van der Waals surface area contributed by atoms with Crippen LogP contribution in [0.3, 0.4) is 0 Å². The zero-order valence-corrected chi connectivity index (χ0v) is 17.8. The van der Waals surface area contributed by atoms with Gasteiger partial charge in [0.25, 0.3) is 0 Å². The summed E-state index contributed by atoms with van der Waals surface area (Å²) < 4.78 is 47.8. The maximum Gasteiger partial charge on any atom is 0.201 e. The van der Waals surface area contributed by atoms with Gasteiger partial charge < -0.3 is 4.74 Å². The maximum absolute atomic E-state index is 14.4. The SMILES string of the molecule is CCCCCc1ccc(C#Cc2ccc(-c3ccc(OCC)c(F)c3F)cc2)cc1F. The van der Waals surface area contributed by atoms with Crippen molar-refractivity contribution in [2.75, 3.05) is 6.61 Å². The highest BCUT2D eigenvalue weighted by molar-refractivity contribution is 5.66. The summed E-state index contributed by atoms with van der Waals surface area (Å²) in [4.78, 5) is 0. The van der Waals surface area contributed by atoms with Crippen LogP contribution in [0.15, 0.2) is 54.6 Å². The summed E-state index contributed by atoms with van der Waals surface area (Å²) >= 11 is 0. The second-order valence-corrected chi connectivity index (χ2v) is 7.26. The van der Waals surface area contributed by atoms with Crippen molar-refractivity contribution in [3.63, 3.8) is 0 Å². The van der Waals surface area contributed by atoms with Crippen LogP contribution in [-0.4, -0.2) is 6.61 Å². The van der Waals surface area contributed by atoms with Gasteiger partial charge in [-0.3, -0.25) is 0 Å². The van der Waals surface area contributed by atoms with E-state index in [2.05, 4.69) is 18.8 Å². The number of unbranched alkanes of at least 4 members (excludes halogenated alkanes) is 2. The molecule has 160 valence electrons. The first-order chi connectivity index (χ1) is 15.0. The summed E-state index contributed by atoms with van der Waals surface area (Å²) in [5.74, 6) is 3.67. The molecule has 0 unspecified atom stereocenters. The summed E-state index contributed by atoms with van der Waals surface area (Å²) in [5.41, 5.74) is 2.70. The monoisotopic (exact) mass is 422 g/mol. The third kappa shape index (κ3) is 5.70. The Labute approximate surface area is 181 Å². The Balaban J connectivity index is 1.74. The second kappa shape index (κ2) is 10.7. The zero-order chi connectivity index (χ0) is 22.2. The number of ether oxygens (including phenoxy) is 1. The Morgan fingerprint density at radius 1 is 0.774 bits per heavy atom. The molecule has 0 aliphatic carbocycles. The summed E-state index contributed by atoms with van der Waals surface area (Å²) in [7, 11) is 0. The molecule has 0 aliphatic heterocycles. The molecule has 0 fully saturated rings. The van der Waals surface area contributed by atoms with E-state index >= 15 is 0 Å². The first-order valence-corrected chi connectivity index (χ1v) is 10.5. The quantitative estimate of drug-likeness (QED) is 0.287. The van der Waals surface area contributed by atoms with Crippen LogP contribution in [0.5, 0.6) is 5.75 Å². The summed E-state index contributed by atoms with van der Waals surface area (Å²) in [6.45, 7) is 4.09. The minimum absolute atomic E-state index is 0.102. The number of benzene rings is 3. The number of rotatable bonds is 7. The van der Waals surface area contributed by atoms with Gasteiger partial charge in [-0.15, -0.1) is 0 Å². The molecule has 3 rings (SSSR count). The minimum Gasteiger partial charge on any atom is -0.491 e. The smallest absolute Gasteiger partial charge is 0.201 e. The lowest BCUT2D eigenvalue weighted by molar-refractivity contribution is 0.314. The molecule has 0 N–H and O–H groups in total. The Bertz CT molecular complexity index is 1090.